The van der Waals surface area contributed by atoms with E-state index in [4.69, 9.17) is 5.73 Å². The molecular weight excluding hydrogens is 302 g/mol. The van der Waals surface area contributed by atoms with E-state index in [1.807, 2.05) is 24.3 Å². The van der Waals surface area contributed by atoms with E-state index in [0.29, 0.717) is 25.3 Å². The Hall–Kier alpha value is -2.02. The summed E-state index contributed by atoms with van der Waals surface area (Å²) in [5, 5.41) is 0. The summed E-state index contributed by atoms with van der Waals surface area (Å²) in [6.45, 7) is 0.888. The average molecular weight is 319 g/mol. The molecule has 7 heteroatoms. The van der Waals surface area contributed by atoms with Crippen molar-refractivity contribution in [3.63, 3.8) is 0 Å². The number of likely N-dealkylation sites (tertiary alicyclic amines) is 1. The lowest BCUT2D eigenvalue weighted by Gasteiger charge is -2.29. The van der Waals surface area contributed by atoms with E-state index in [0.717, 1.165) is 10.6 Å². The van der Waals surface area contributed by atoms with Gasteiger partial charge in [0.1, 0.15) is 6.54 Å². The van der Waals surface area contributed by atoms with Gasteiger partial charge in [0.25, 0.3) is 0 Å². The zero-order chi connectivity index (χ0) is 15.7. The summed E-state index contributed by atoms with van der Waals surface area (Å²) in [6, 6.07) is 7.57. The number of benzene rings is 1. The molecule has 6 nitrogen and oxygen atoms in total. The van der Waals surface area contributed by atoms with E-state index in [2.05, 4.69) is 0 Å². The predicted octanol–water partition coefficient (Wildman–Crippen LogP) is 0.459. The first kappa shape index (κ1) is 14.9. The smallest absolute Gasteiger partial charge is 0.242 e. The Bertz CT molecular complexity index is 634. The number of para-hydroxylation sites is 1. The molecule has 0 spiro atoms. The van der Waals surface area contributed by atoms with Gasteiger partial charge in [0.15, 0.2) is 0 Å². The van der Waals surface area contributed by atoms with E-state index in [1.54, 1.807) is 4.90 Å². The molecule has 0 aromatic heterocycles. The van der Waals surface area contributed by atoms with Crippen molar-refractivity contribution < 1.29 is 14.4 Å². The van der Waals surface area contributed by atoms with Crippen LogP contribution in [0.5, 0.6) is 0 Å². The molecule has 1 atom stereocenters. The van der Waals surface area contributed by atoms with Gasteiger partial charge in [-0.15, -0.1) is 11.8 Å². The zero-order valence-corrected chi connectivity index (χ0v) is 12.8. The van der Waals surface area contributed by atoms with E-state index in [-0.39, 0.29) is 30.2 Å². The van der Waals surface area contributed by atoms with Crippen LogP contribution < -0.4 is 10.6 Å². The minimum Gasteiger partial charge on any atom is -0.369 e. The van der Waals surface area contributed by atoms with Crippen LogP contribution in [0.25, 0.3) is 0 Å². The van der Waals surface area contributed by atoms with Crippen LogP contribution in [0.4, 0.5) is 5.69 Å². The highest BCUT2D eigenvalue weighted by atomic mass is 32.2. The number of carbonyl (C=O) groups is 3. The highest BCUT2D eigenvalue weighted by Crippen LogP contribution is 2.34. The first-order chi connectivity index (χ1) is 10.6. The molecule has 0 radical (unpaired) electrons. The van der Waals surface area contributed by atoms with Gasteiger partial charge in [-0.05, 0) is 18.6 Å². The van der Waals surface area contributed by atoms with Crippen LogP contribution in [0.2, 0.25) is 0 Å². The topological polar surface area (TPSA) is 83.7 Å². The number of nitrogens with zero attached hydrogens (tertiary/aromatic N) is 2. The van der Waals surface area contributed by atoms with Gasteiger partial charge >= 0.3 is 0 Å². The summed E-state index contributed by atoms with van der Waals surface area (Å²) in [5.74, 6) is -0.509. The number of primary amides is 1. The molecule has 0 aliphatic carbocycles. The standard InChI is InChI=1S/C15H17N3O3S/c16-15(21)10-5-6-17(7-10)13(19)8-18-11-3-1-2-4-12(11)22-9-14(18)20/h1-4,10H,5-9H2,(H2,16,21)/t10-/m0/s1. The van der Waals surface area contributed by atoms with Crippen molar-refractivity contribution in [1.29, 1.82) is 0 Å². The third kappa shape index (κ3) is 2.81. The van der Waals surface area contributed by atoms with Gasteiger partial charge in [0.05, 0.1) is 17.4 Å². The number of amides is 3. The first-order valence-electron chi connectivity index (χ1n) is 7.15. The van der Waals surface area contributed by atoms with Crippen molar-refractivity contribution in [2.75, 3.05) is 30.3 Å². The van der Waals surface area contributed by atoms with E-state index < -0.39 is 0 Å². The molecule has 1 fully saturated rings. The molecule has 2 N–H and O–H groups in total. The summed E-state index contributed by atoms with van der Waals surface area (Å²) < 4.78 is 0. The largest absolute Gasteiger partial charge is 0.369 e. The fourth-order valence-corrected chi connectivity index (χ4v) is 3.72. The highest BCUT2D eigenvalue weighted by molar-refractivity contribution is 8.00. The second kappa shape index (κ2) is 6.00. The molecule has 2 heterocycles. The fourth-order valence-electron chi connectivity index (χ4n) is 2.78. The summed E-state index contributed by atoms with van der Waals surface area (Å²) in [4.78, 5) is 39.9. The molecule has 0 saturated carbocycles. The van der Waals surface area contributed by atoms with Crippen molar-refractivity contribution in [3.8, 4) is 0 Å². The van der Waals surface area contributed by atoms with Crippen molar-refractivity contribution in [1.82, 2.24) is 4.90 Å². The highest BCUT2D eigenvalue weighted by Gasteiger charge is 2.32. The van der Waals surface area contributed by atoms with Crippen molar-refractivity contribution in [2.45, 2.75) is 11.3 Å². The summed E-state index contributed by atoms with van der Waals surface area (Å²) in [7, 11) is 0. The van der Waals surface area contributed by atoms with Crippen LogP contribution in [0.3, 0.4) is 0 Å². The number of rotatable bonds is 3. The van der Waals surface area contributed by atoms with Crippen LogP contribution in [0, 0.1) is 5.92 Å². The number of carbonyl (C=O) groups excluding carboxylic acids is 3. The van der Waals surface area contributed by atoms with Gasteiger partial charge in [-0.1, -0.05) is 12.1 Å². The Morgan fingerprint density at radius 2 is 2.09 bits per heavy atom. The molecule has 3 amide bonds. The van der Waals surface area contributed by atoms with E-state index in [1.165, 1.54) is 16.7 Å². The summed E-state index contributed by atoms with van der Waals surface area (Å²) >= 11 is 1.49. The quantitative estimate of drug-likeness (QED) is 0.877. The van der Waals surface area contributed by atoms with Crippen LogP contribution in [-0.4, -0.2) is 48.0 Å². The molecule has 1 aromatic rings. The fraction of sp³-hybridized carbons (Fsp3) is 0.400. The Morgan fingerprint density at radius 1 is 1.32 bits per heavy atom. The molecule has 2 aliphatic rings. The normalized spacial score (nSPS) is 20.9. The molecule has 3 rings (SSSR count). The molecular formula is C15H17N3O3S. The lowest BCUT2D eigenvalue weighted by atomic mass is 10.1. The van der Waals surface area contributed by atoms with Gasteiger partial charge in [-0.3, -0.25) is 14.4 Å². The Balaban J connectivity index is 1.72. The Morgan fingerprint density at radius 3 is 2.82 bits per heavy atom. The van der Waals surface area contributed by atoms with E-state index in [9.17, 15) is 14.4 Å². The molecule has 116 valence electrons. The monoisotopic (exact) mass is 319 g/mol. The average Bonchev–Trinajstić information content (AvgIpc) is 3.00. The SMILES string of the molecule is NC(=O)[C@H]1CCN(C(=O)CN2C(=O)CSc3ccccc32)C1. The first-order valence-corrected chi connectivity index (χ1v) is 8.14. The zero-order valence-electron chi connectivity index (χ0n) is 12.0. The number of nitrogens with two attached hydrogens (primary N) is 1. The number of fused-ring (bicyclic) bond motifs is 1. The summed E-state index contributed by atoms with van der Waals surface area (Å²) in [5.41, 5.74) is 6.07. The van der Waals surface area contributed by atoms with Crippen molar-refractivity contribution >= 4 is 35.2 Å². The van der Waals surface area contributed by atoms with Gasteiger partial charge in [0, 0.05) is 18.0 Å². The second-order valence-corrected chi connectivity index (χ2v) is 6.48. The van der Waals surface area contributed by atoms with Crippen molar-refractivity contribution in [2.24, 2.45) is 11.7 Å². The Kier molecular flexibility index (Phi) is 4.06. The number of hydrogen-bond donors (Lipinski definition) is 1. The van der Waals surface area contributed by atoms with Crippen LogP contribution in [0.15, 0.2) is 29.2 Å². The van der Waals surface area contributed by atoms with Gasteiger partial charge in [-0.25, -0.2) is 0 Å². The minimum absolute atomic E-state index is 0.0158. The van der Waals surface area contributed by atoms with Crippen molar-refractivity contribution in [3.05, 3.63) is 24.3 Å². The third-order valence-corrected chi connectivity index (χ3v) is 5.09. The maximum Gasteiger partial charge on any atom is 0.242 e. The molecule has 0 unspecified atom stereocenters. The van der Waals surface area contributed by atoms with Crippen LogP contribution in [0.1, 0.15) is 6.42 Å². The third-order valence-electron chi connectivity index (χ3n) is 4.04. The maximum atomic E-state index is 12.4. The predicted molar refractivity (Wildman–Crippen MR) is 83.4 cm³/mol. The molecule has 1 aromatic carbocycles. The van der Waals surface area contributed by atoms with Gasteiger partial charge in [-0.2, -0.15) is 0 Å². The molecule has 2 aliphatic heterocycles. The lowest BCUT2D eigenvalue weighted by Crippen LogP contribution is -2.44. The van der Waals surface area contributed by atoms with Crippen LogP contribution >= 0.6 is 11.8 Å². The Labute approximate surface area is 132 Å². The van der Waals surface area contributed by atoms with Gasteiger partial charge < -0.3 is 15.5 Å². The number of thioether (sulfide) groups is 1. The second-order valence-electron chi connectivity index (χ2n) is 5.46. The molecule has 0 bridgehead atoms. The number of hydrogen-bond acceptors (Lipinski definition) is 4. The maximum absolute atomic E-state index is 12.4. The van der Waals surface area contributed by atoms with Crippen LogP contribution in [-0.2, 0) is 14.4 Å². The lowest BCUT2D eigenvalue weighted by molar-refractivity contribution is -0.130. The van der Waals surface area contributed by atoms with Gasteiger partial charge in [0.2, 0.25) is 17.7 Å². The minimum atomic E-state index is -0.369. The number of anilines is 1. The summed E-state index contributed by atoms with van der Waals surface area (Å²) in [6.07, 6.45) is 0.599. The van der Waals surface area contributed by atoms with E-state index >= 15 is 0 Å². The molecule has 22 heavy (non-hydrogen) atoms. The molecule has 1 saturated heterocycles.